The highest BCUT2D eigenvalue weighted by Crippen LogP contribution is 2.52. The van der Waals surface area contributed by atoms with Crippen LogP contribution in [0.4, 0.5) is 0 Å². The number of benzene rings is 1. The lowest BCUT2D eigenvalue weighted by molar-refractivity contribution is 0.112. The van der Waals surface area contributed by atoms with E-state index in [1.54, 1.807) is 28.4 Å². The van der Waals surface area contributed by atoms with Gasteiger partial charge in [0.1, 0.15) is 0 Å². The van der Waals surface area contributed by atoms with Crippen molar-refractivity contribution in [3.63, 3.8) is 0 Å². The molecule has 4 nitrogen and oxygen atoms in total. The molecule has 0 saturated carbocycles. The van der Waals surface area contributed by atoms with Crippen LogP contribution in [0.2, 0.25) is 0 Å². The Hall–Kier alpha value is -1.68. The van der Waals surface area contributed by atoms with Gasteiger partial charge >= 0.3 is 0 Å². The van der Waals surface area contributed by atoms with Crippen LogP contribution >= 0.6 is 0 Å². The van der Waals surface area contributed by atoms with Crippen molar-refractivity contribution < 1.29 is 18.9 Å². The number of fused-ring (bicyclic) bond motifs is 1. The van der Waals surface area contributed by atoms with Crippen molar-refractivity contribution in [1.82, 2.24) is 0 Å². The van der Waals surface area contributed by atoms with Crippen LogP contribution in [0.25, 0.3) is 5.57 Å². The van der Waals surface area contributed by atoms with Gasteiger partial charge in [0.15, 0.2) is 11.5 Å². The zero-order chi connectivity index (χ0) is 13.3. The summed E-state index contributed by atoms with van der Waals surface area (Å²) in [6.07, 6.45) is 0.764. The monoisotopic (exact) mass is 250 g/mol. The average molecular weight is 250 g/mol. The minimum Gasteiger partial charge on any atom is -0.493 e. The van der Waals surface area contributed by atoms with Gasteiger partial charge in [-0.2, -0.15) is 0 Å². The average Bonchev–Trinajstić information content (AvgIpc) is 2.72. The van der Waals surface area contributed by atoms with E-state index in [9.17, 15) is 0 Å². The Balaban J connectivity index is 2.70. The van der Waals surface area contributed by atoms with Crippen molar-refractivity contribution in [1.29, 1.82) is 0 Å². The Labute approximate surface area is 107 Å². The second-order valence-electron chi connectivity index (χ2n) is 4.14. The number of hydrogen-bond acceptors (Lipinski definition) is 4. The third-order valence-corrected chi connectivity index (χ3v) is 3.28. The van der Waals surface area contributed by atoms with Crippen molar-refractivity contribution >= 4 is 5.57 Å². The third-order valence-electron chi connectivity index (χ3n) is 3.28. The summed E-state index contributed by atoms with van der Waals surface area (Å²) >= 11 is 0. The van der Waals surface area contributed by atoms with Gasteiger partial charge in [-0.1, -0.05) is 6.58 Å². The van der Waals surface area contributed by atoms with E-state index in [2.05, 4.69) is 6.58 Å². The maximum absolute atomic E-state index is 5.47. The van der Waals surface area contributed by atoms with Crippen LogP contribution in [0.3, 0.4) is 0 Å². The number of rotatable bonds is 4. The molecule has 1 aromatic rings. The van der Waals surface area contributed by atoms with E-state index in [0.29, 0.717) is 17.2 Å². The van der Waals surface area contributed by atoms with Gasteiger partial charge in [0.25, 0.3) is 0 Å². The first kappa shape index (κ1) is 12.8. The van der Waals surface area contributed by atoms with Crippen LogP contribution in [-0.4, -0.2) is 28.4 Å². The van der Waals surface area contributed by atoms with Gasteiger partial charge in [0, 0.05) is 19.1 Å². The predicted molar refractivity (Wildman–Crippen MR) is 69.5 cm³/mol. The zero-order valence-electron chi connectivity index (χ0n) is 11.2. The van der Waals surface area contributed by atoms with E-state index in [1.165, 1.54) is 0 Å². The summed E-state index contributed by atoms with van der Waals surface area (Å²) in [4.78, 5) is 0. The first-order valence-electron chi connectivity index (χ1n) is 5.71. The summed E-state index contributed by atoms with van der Waals surface area (Å²) in [5.41, 5.74) is 3.01. The molecule has 0 bridgehead atoms. The van der Waals surface area contributed by atoms with Gasteiger partial charge in [0.05, 0.1) is 27.4 Å². The molecular formula is C14H18O4. The van der Waals surface area contributed by atoms with E-state index in [1.807, 2.05) is 6.07 Å². The molecule has 0 N–H and O–H groups in total. The molecule has 0 aromatic heterocycles. The largest absolute Gasteiger partial charge is 0.493 e. The van der Waals surface area contributed by atoms with Crippen LogP contribution in [-0.2, 0) is 4.74 Å². The quantitative estimate of drug-likeness (QED) is 0.823. The van der Waals surface area contributed by atoms with E-state index >= 15 is 0 Å². The van der Waals surface area contributed by atoms with Crippen molar-refractivity contribution in [3.05, 3.63) is 23.8 Å². The first-order chi connectivity index (χ1) is 8.67. The fourth-order valence-electron chi connectivity index (χ4n) is 2.44. The van der Waals surface area contributed by atoms with Gasteiger partial charge in [-0.3, -0.25) is 0 Å². The van der Waals surface area contributed by atoms with Crippen LogP contribution in [0.15, 0.2) is 12.6 Å². The fraction of sp³-hybridized carbons (Fsp3) is 0.429. The molecule has 0 fully saturated rings. The first-order valence-corrected chi connectivity index (χ1v) is 5.71. The number of ether oxygens (including phenoxy) is 4. The van der Waals surface area contributed by atoms with Crippen molar-refractivity contribution in [2.45, 2.75) is 12.5 Å². The number of hydrogen-bond donors (Lipinski definition) is 0. The standard InChI is InChI=1S/C14H18O4/c1-8-6-10(15-2)9-7-11(16-3)13(17-4)14(18-5)12(8)9/h7,10H,1,6H2,2-5H3. The van der Waals surface area contributed by atoms with E-state index in [-0.39, 0.29) is 6.10 Å². The van der Waals surface area contributed by atoms with Gasteiger partial charge in [-0.15, -0.1) is 0 Å². The molecule has 2 rings (SSSR count). The van der Waals surface area contributed by atoms with Gasteiger partial charge in [0.2, 0.25) is 5.75 Å². The van der Waals surface area contributed by atoms with Gasteiger partial charge in [-0.05, 0) is 17.2 Å². The molecular weight excluding hydrogens is 232 g/mol. The molecule has 0 saturated heterocycles. The summed E-state index contributed by atoms with van der Waals surface area (Å²) in [6.45, 7) is 4.08. The molecule has 18 heavy (non-hydrogen) atoms. The molecule has 4 heteroatoms. The minimum absolute atomic E-state index is 0.00112. The molecule has 1 aliphatic carbocycles. The fourth-order valence-corrected chi connectivity index (χ4v) is 2.44. The second-order valence-corrected chi connectivity index (χ2v) is 4.14. The predicted octanol–water partition coefficient (Wildman–Crippen LogP) is 2.82. The summed E-state index contributed by atoms with van der Waals surface area (Å²) in [7, 11) is 6.51. The van der Waals surface area contributed by atoms with Gasteiger partial charge < -0.3 is 18.9 Å². The van der Waals surface area contributed by atoms with Crippen molar-refractivity contribution in [2.75, 3.05) is 28.4 Å². The van der Waals surface area contributed by atoms with Crippen LogP contribution in [0.1, 0.15) is 23.7 Å². The highest BCUT2D eigenvalue weighted by molar-refractivity contribution is 5.80. The number of methoxy groups -OCH3 is 4. The minimum atomic E-state index is 0.00112. The Morgan fingerprint density at radius 3 is 2.22 bits per heavy atom. The topological polar surface area (TPSA) is 36.9 Å². The SMILES string of the molecule is C=C1CC(OC)c2cc(OC)c(OC)c(OC)c21. The molecule has 0 heterocycles. The van der Waals surface area contributed by atoms with Crippen molar-refractivity contribution in [2.24, 2.45) is 0 Å². The second kappa shape index (κ2) is 4.90. The Morgan fingerprint density at radius 1 is 1.06 bits per heavy atom. The lowest BCUT2D eigenvalue weighted by atomic mass is 10.0. The summed E-state index contributed by atoms with van der Waals surface area (Å²) in [5, 5.41) is 0. The highest BCUT2D eigenvalue weighted by Gasteiger charge is 2.32. The summed E-state index contributed by atoms with van der Waals surface area (Å²) in [5.74, 6) is 1.90. The van der Waals surface area contributed by atoms with E-state index < -0.39 is 0 Å². The Morgan fingerprint density at radius 2 is 1.72 bits per heavy atom. The third kappa shape index (κ3) is 1.73. The van der Waals surface area contributed by atoms with Crippen LogP contribution in [0, 0.1) is 0 Å². The highest BCUT2D eigenvalue weighted by atomic mass is 16.5. The molecule has 0 spiro atoms. The molecule has 0 radical (unpaired) electrons. The molecule has 1 atom stereocenters. The normalized spacial score (nSPS) is 17.6. The molecule has 0 amide bonds. The lowest BCUT2D eigenvalue weighted by Crippen LogP contribution is -2.01. The smallest absolute Gasteiger partial charge is 0.203 e. The van der Waals surface area contributed by atoms with Crippen LogP contribution < -0.4 is 14.2 Å². The maximum atomic E-state index is 5.47. The Bertz CT molecular complexity index is 479. The van der Waals surface area contributed by atoms with E-state index in [0.717, 1.165) is 23.1 Å². The Kier molecular flexibility index (Phi) is 3.48. The van der Waals surface area contributed by atoms with Crippen LogP contribution in [0.5, 0.6) is 17.2 Å². The molecule has 0 aliphatic heterocycles. The summed E-state index contributed by atoms with van der Waals surface area (Å²) < 4.78 is 21.6. The summed E-state index contributed by atoms with van der Waals surface area (Å²) in [6, 6.07) is 1.93. The molecule has 1 aromatic carbocycles. The van der Waals surface area contributed by atoms with Crippen molar-refractivity contribution in [3.8, 4) is 17.2 Å². The lowest BCUT2D eigenvalue weighted by Gasteiger charge is -2.17. The van der Waals surface area contributed by atoms with E-state index in [4.69, 9.17) is 18.9 Å². The zero-order valence-corrected chi connectivity index (χ0v) is 11.2. The molecule has 1 unspecified atom stereocenters. The molecule has 1 aliphatic rings. The van der Waals surface area contributed by atoms with Gasteiger partial charge in [-0.25, -0.2) is 0 Å². The maximum Gasteiger partial charge on any atom is 0.203 e. The molecule has 98 valence electrons.